The largest absolute Gasteiger partial charge is 0.490 e. The zero-order valence-corrected chi connectivity index (χ0v) is 23.0. The number of amides is 1. The number of ether oxygens (including phenoxy) is 1. The van der Waals surface area contributed by atoms with Gasteiger partial charge in [0.15, 0.2) is 0 Å². The molecule has 3 aliphatic heterocycles. The maximum absolute atomic E-state index is 14.7. The molecule has 242 valence electrons. The first kappa shape index (κ1) is 35.9. The van der Waals surface area contributed by atoms with Crippen LogP contribution in [0, 0.1) is 12.3 Å². The van der Waals surface area contributed by atoms with E-state index in [0.29, 0.717) is 45.8 Å². The summed E-state index contributed by atoms with van der Waals surface area (Å²) < 4.78 is 98.4. The number of halogens is 8. The summed E-state index contributed by atoms with van der Waals surface area (Å²) in [4.78, 5) is 39.2. The number of aliphatic carboxylic acids is 2. The van der Waals surface area contributed by atoms with E-state index < -0.39 is 35.6 Å². The lowest BCUT2D eigenvalue weighted by Gasteiger charge is -2.49. The Morgan fingerprint density at radius 2 is 1.63 bits per heavy atom. The second kappa shape index (κ2) is 14.4. The molecule has 1 unspecified atom stereocenters. The van der Waals surface area contributed by atoms with E-state index >= 15 is 0 Å². The van der Waals surface area contributed by atoms with Gasteiger partial charge in [0, 0.05) is 31.7 Å². The third-order valence-electron chi connectivity index (χ3n) is 6.60. The molecule has 0 radical (unpaired) electrons. The van der Waals surface area contributed by atoms with E-state index in [0.717, 1.165) is 29.8 Å². The number of aryl methyl sites for hydroxylation is 1. The quantitative estimate of drug-likeness (QED) is 0.369. The van der Waals surface area contributed by atoms with Crippen LogP contribution in [0.3, 0.4) is 0 Å². The van der Waals surface area contributed by atoms with Gasteiger partial charge in [-0.2, -0.15) is 26.3 Å². The number of alkyl halides is 8. The van der Waals surface area contributed by atoms with Gasteiger partial charge in [0.05, 0.1) is 37.4 Å². The van der Waals surface area contributed by atoms with Crippen LogP contribution >= 0.6 is 0 Å². The number of piperidine rings is 2. The minimum absolute atomic E-state index is 0.148. The third kappa shape index (κ3) is 11.3. The number of carbonyl (C=O) groups excluding carboxylic acids is 1. The molecule has 1 aromatic heterocycles. The normalized spacial score (nSPS) is 22.5. The first-order chi connectivity index (χ1) is 19.7. The Balaban J connectivity index is 0.000000384. The van der Waals surface area contributed by atoms with Gasteiger partial charge in [0.1, 0.15) is 0 Å². The van der Waals surface area contributed by atoms with E-state index in [1.807, 2.05) is 25.1 Å². The van der Waals surface area contributed by atoms with Gasteiger partial charge < -0.3 is 19.8 Å². The molecule has 2 saturated heterocycles. The van der Waals surface area contributed by atoms with Crippen molar-refractivity contribution in [3.8, 4) is 0 Å². The second-order valence-corrected chi connectivity index (χ2v) is 10.4. The smallest absolute Gasteiger partial charge is 0.475 e. The Morgan fingerprint density at radius 1 is 1.02 bits per heavy atom. The van der Waals surface area contributed by atoms with Crippen LogP contribution in [-0.4, -0.2) is 101 Å². The predicted octanol–water partition coefficient (Wildman–Crippen LogP) is 4.45. The van der Waals surface area contributed by atoms with Crippen LogP contribution in [0.2, 0.25) is 0 Å². The Bertz CT molecular complexity index is 1150. The van der Waals surface area contributed by atoms with Crippen LogP contribution in [0.5, 0.6) is 0 Å². The molecule has 1 aromatic rings. The topological polar surface area (TPSA) is 120 Å². The van der Waals surface area contributed by atoms with Gasteiger partial charge in [-0.25, -0.2) is 18.4 Å². The number of pyridine rings is 1. The maximum Gasteiger partial charge on any atom is 0.490 e. The van der Waals surface area contributed by atoms with Crippen molar-refractivity contribution < 1.29 is 64.5 Å². The van der Waals surface area contributed by atoms with Gasteiger partial charge in [-0.15, -0.1) is 0 Å². The molecule has 2 fully saturated rings. The van der Waals surface area contributed by atoms with Crippen molar-refractivity contribution in [1.82, 2.24) is 14.8 Å². The molecule has 9 nitrogen and oxygen atoms in total. The van der Waals surface area contributed by atoms with Crippen molar-refractivity contribution in [2.45, 2.75) is 57.4 Å². The van der Waals surface area contributed by atoms with Crippen LogP contribution in [0.15, 0.2) is 29.8 Å². The summed E-state index contributed by atoms with van der Waals surface area (Å²) in [5.74, 6) is -8.53. The molecular formula is C26H31F8N3O6. The molecule has 1 atom stereocenters. The first-order valence-electron chi connectivity index (χ1n) is 12.9. The van der Waals surface area contributed by atoms with Crippen LogP contribution in [-0.2, 0) is 25.7 Å². The Labute approximate surface area is 241 Å². The van der Waals surface area contributed by atoms with Gasteiger partial charge in [-0.1, -0.05) is 12.1 Å². The minimum Gasteiger partial charge on any atom is -0.475 e. The third-order valence-corrected chi connectivity index (χ3v) is 6.60. The molecule has 43 heavy (non-hydrogen) atoms. The van der Waals surface area contributed by atoms with Gasteiger partial charge in [0.25, 0.3) is 5.92 Å². The Kier molecular flexibility index (Phi) is 12.0. The lowest BCUT2D eigenvalue weighted by Crippen LogP contribution is -2.61. The molecular weight excluding hydrogens is 602 g/mol. The Hall–Kier alpha value is -3.34. The van der Waals surface area contributed by atoms with Crippen molar-refractivity contribution in [2.75, 3.05) is 39.4 Å². The number of carboxylic acids is 2. The summed E-state index contributed by atoms with van der Waals surface area (Å²) in [6.45, 7) is 4.61. The zero-order valence-electron chi connectivity index (χ0n) is 23.0. The molecule has 3 aliphatic rings. The van der Waals surface area contributed by atoms with Crippen molar-refractivity contribution in [2.24, 2.45) is 5.41 Å². The SMILES string of the molecule is Cc1cccc(CN2CCCC3(CN(CC4=CCCOC4)CC(F)(F)C3)C2=O)n1.O=C(O)C(F)(F)F.O=C(O)C(F)(F)F. The highest BCUT2D eigenvalue weighted by atomic mass is 19.4. The highest BCUT2D eigenvalue weighted by Crippen LogP contribution is 2.45. The lowest BCUT2D eigenvalue weighted by atomic mass is 9.71. The summed E-state index contributed by atoms with van der Waals surface area (Å²) in [5, 5.41) is 14.2. The predicted molar refractivity (Wildman–Crippen MR) is 133 cm³/mol. The number of likely N-dealkylation sites (tertiary alicyclic amines) is 2. The summed E-state index contributed by atoms with van der Waals surface area (Å²) in [6, 6.07) is 5.71. The van der Waals surface area contributed by atoms with Crippen LogP contribution in [0.1, 0.15) is 37.1 Å². The van der Waals surface area contributed by atoms with E-state index in [1.165, 1.54) is 0 Å². The molecule has 2 N–H and O–H groups in total. The van der Waals surface area contributed by atoms with Crippen molar-refractivity contribution >= 4 is 17.8 Å². The van der Waals surface area contributed by atoms with Crippen LogP contribution in [0.25, 0.3) is 0 Å². The molecule has 1 amide bonds. The fourth-order valence-corrected chi connectivity index (χ4v) is 5.03. The average Bonchev–Trinajstić information content (AvgIpc) is 2.86. The Morgan fingerprint density at radius 3 is 2.14 bits per heavy atom. The van der Waals surface area contributed by atoms with Crippen LogP contribution < -0.4 is 0 Å². The molecule has 4 rings (SSSR count). The monoisotopic (exact) mass is 633 g/mol. The number of carbonyl (C=O) groups is 3. The fourth-order valence-electron chi connectivity index (χ4n) is 5.03. The zero-order chi connectivity index (χ0) is 32.6. The maximum atomic E-state index is 14.7. The second-order valence-electron chi connectivity index (χ2n) is 10.4. The van der Waals surface area contributed by atoms with E-state index in [4.69, 9.17) is 24.5 Å². The summed E-state index contributed by atoms with van der Waals surface area (Å²) >= 11 is 0. The molecule has 4 heterocycles. The highest BCUT2D eigenvalue weighted by Gasteiger charge is 2.55. The van der Waals surface area contributed by atoms with Crippen LogP contribution in [0.4, 0.5) is 35.1 Å². The highest BCUT2D eigenvalue weighted by molar-refractivity contribution is 5.84. The number of aromatic nitrogens is 1. The molecule has 0 bridgehead atoms. The van der Waals surface area contributed by atoms with E-state index in [-0.39, 0.29) is 18.9 Å². The number of nitrogens with zero attached hydrogens (tertiary/aromatic N) is 3. The number of carboxylic acid groups (broad SMARTS) is 2. The molecule has 17 heteroatoms. The number of hydrogen-bond donors (Lipinski definition) is 2. The molecule has 0 saturated carbocycles. The van der Waals surface area contributed by atoms with Gasteiger partial charge >= 0.3 is 24.3 Å². The van der Waals surface area contributed by atoms with E-state index in [9.17, 15) is 39.9 Å². The standard InChI is InChI=1S/C22H29F2N3O2.2C2HF3O2/c1-17-5-2-7-19(25-17)12-27-9-4-8-21(20(27)28)14-22(23,24)16-26(15-21)11-18-6-3-10-29-13-18;2*3-2(4,5)1(6)7/h2,5-7H,3-4,8-16H2,1H3;2*(H,6,7). The minimum atomic E-state index is -5.08. The average molecular weight is 634 g/mol. The first-order valence-corrected chi connectivity index (χ1v) is 12.9. The molecule has 0 aliphatic carbocycles. The number of hydrogen-bond acceptors (Lipinski definition) is 6. The summed E-state index contributed by atoms with van der Waals surface area (Å²) in [5.41, 5.74) is 1.72. The van der Waals surface area contributed by atoms with E-state index in [2.05, 4.69) is 11.1 Å². The lowest BCUT2D eigenvalue weighted by molar-refractivity contribution is -0.193. The van der Waals surface area contributed by atoms with Crippen molar-refractivity contribution in [3.63, 3.8) is 0 Å². The van der Waals surface area contributed by atoms with Gasteiger partial charge in [-0.05, 0) is 43.9 Å². The van der Waals surface area contributed by atoms with E-state index in [1.54, 1.807) is 9.80 Å². The number of rotatable bonds is 4. The molecule has 0 aromatic carbocycles. The van der Waals surface area contributed by atoms with Crippen molar-refractivity contribution in [1.29, 1.82) is 0 Å². The van der Waals surface area contributed by atoms with Gasteiger partial charge in [0.2, 0.25) is 5.91 Å². The fraction of sp³-hybridized carbons (Fsp3) is 0.615. The van der Waals surface area contributed by atoms with Gasteiger partial charge in [-0.3, -0.25) is 14.7 Å². The summed E-state index contributed by atoms with van der Waals surface area (Å²) in [7, 11) is 0. The summed E-state index contributed by atoms with van der Waals surface area (Å²) in [6.07, 6.45) is -6.36. The molecule has 1 spiro atoms. The van der Waals surface area contributed by atoms with Crippen molar-refractivity contribution in [3.05, 3.63) is 41.2 Å².